The number of tetrazole rings is 1. The Morgan fingerprint density at radius 1 is 1.36 bits per heavy atom. The maximum absolute atomic E-state index is 13.1. The van der Waals surface area contributed by atoms with Crippen LogP contribution in [-0.4, -0.2) is 55.2 Å². The van der Waals surface area contributed by atoms with E-state index in [0.717, 1.165) is 5.56 Å². The standard InChI is InChI=1S/C16H18FN5O3/c1-10-18-19-20-22(10)14(8-11-2-4-13(17)5-3-11)15(23)21-7-6-12(9-21)16(24)25/h2-5,12,14H,6-9H2,1H3,(H,24,25)/t12-,14+/m0/s1. The van der Waals surface area contributed by atoms with Gasteiger partial charge >= 0.3 is 5.97 Å². The Hall–Kier alpha value is -2.84. The molecule has 1 fully saturated rings. The minimum atomic E-state index is -0.899. The molecule has 1 aliphatic rings. The molecule has 0 saturated carbocycles. The number of aryl methyl sites for hydroxylation is 1. The lowest BCUT2D eigenvalue weighted by Gasteiger charge is -2.23. The number of hydrogen-bond acceptors (Lipinski definition) is 5. The van der Waals surface area contributed by atoms with Crippen LogP contribution in [0.5, 0.6) is 0 Å². The van der Waals surface area contributed by atoms with Gasteiger partial charge in [0.2, 0.25) is 5.91 Å². The molecule has 1 N–H and O–H groups in total. The Labute approximate surface area is 143 Å². The van der Waals surface area contributed by atoms with Crippen LogP contribution in [0.1, 0.15) is 23.9 Å². The summed E-state index contributed by atoms with van der Waals surface area (Å²) in [6, 6.07) is 5.19. The highest BCUT2D eigenvalue weighted by atomic mass is 19.1. The summed E-state index contributed by atoms with van der Waals surface area (Å²) in [4.78, 5) is 25.6. The van der Waals surface area contributed by atoms with Crippen molar-refractivity contribution in [2.45, 2.75) is 25.8 Å². The monoisotopic (exact) mass is 347 g/mol. The number of amides is 1. The number of rotatable bonds is 5. The number of benzene rings is 1. The summed E-state index contributed by atoms with van der Waals surface area (Å²) in [7, 11) is 0. The second kappa shape index (κ2) is 6.96. The van der Waals surface area contributed by atoms with Crippen molar-refractivity contribution in [1.29, 1.82) is 0 Å². The Bertz CT molecular complexity index is 776. The predicted octanol–water partition coefficient (Wildman–Crippen LogP) is 0.838. The largest absolute Gasteiger partial charge is 0.481 e. The number of nitrogens with zero attached hydrogens (tertiary/aromatic N) is 5. The summed E-state index contributed by atoms with van der Waals surface area (Å²) in [5.41, 5.74) is 0.767. The quantitative estimate of drug-likeness (QED) is 0.860. The molecule has 8 nitrogen and oxygen atoms in total. The topological polar surface area (TPSA) is 101 Å². The van der Waals surface area contributed by atoms with Crippen molar-refractivity contribution >= 4 is 11.9 Å². The zero-order valence-electron chi connectivity index (χ0n) is 13.7. The molecule has 3 rings (SSSR count). The number of aliphatic carboxylic acids is 1. The van der Waals surface area contributed by atoms with Crippen LogP contribution in [0.4, 0.5) is 4.39 Å². The number of carboxylic acid groups (broad SMARTS) is 1. The Morgan fingerprint density at radius 3 is 2.64 bits per heavy atom. The van der Waals surface area contributed by atoms with Crippen molar-refractivity contribution in [2.24, 2.45) is 5.92 Å². The second-order valence-electron chi connectivity index (χ2n) is 6.13. The van der Waals surface area contributed by atoms with E-state index in [4.69, 9.17) is 5.11 Å². The fourth-order valence-corrected chi connectivity index (χ4v) is 3.02. The minimum Gasteiger partial charge on any atom is -0.481 e. The SMILES string of the molecule is Cc1nnnn1[C@H](Cc1ccc(F)cc1)C(=O)N1CC[C@H](C(=O)O)C1. The maximum atomic E-state index is 13.1. The number of carboxylic acids is 1. The normalized spacial score (nSPS) is 18.3. The first kappa shape index (κ1) is 17.0. The lowest BCUT2D eigenvalue weighted by Crippen LogP contribution is -2.38. The van der Waals surface area contributed by atoms with Gasteiger partial charge in [0.25, 0.3) is 0 Å². The average molecular weight is 347 g/mol. The molecule has 1 saturated heterocycles. The van der Waals surface area contributed by atoms with Gasteiger partial charge in [-0.3, -0.25) is 9.59 Å². The molecule has 2 aromatic rings. The van der Waals surface area contributed by atoms with E-state index in [1.165, 1.54) is 21.7 Å². The van der Waals surface area contributed by atoms with Crippen LogP contribution in [0.15, 0.2) is 24.3 Å². The molecule has 2 heterocycles. The van der Waals surface area contributed by atoms with Gasteiger partial charge in [-0.05, 0) is 41.5 Å². The predicted molar refractivity (Wildman–Crippen MR) is 84.0 cm³/mol. The number of halogens is 1. The summed E-state index contributed by atoms with van der Waals surface area (Å²) in [5, 5.41) is 20.4. The Balaban J connectivity index is 1.84. The zero-order chi connectivity index (χ0) is 18.0. The fourth-order valence-electron chi connectivity index (χ4n) is 3.02. The summed E-state index contributed by atoms with van der Waals surface area (Å²) < 4.78 is 14.5. The van der Waals surface area contributed by atoms with Crippen molar-refractivity contribution < 1.29 is 19.1 Å². The molecule has 0 spiro atoms. The van der Waals surface area contributed by atoms with Gasteiger partial charge in [0.05, 0.1) is 5.92 Å². The summed E-state index contributed by atoms with van der Waals surface area (Å²) >= 11 is 0. The molecule has 25 heavy (non-hydrogen) atoms. The van der Waals surface area contributed by atoms with E-state index in [1.807, 2.05) is 0 Å². The lowest BCUT2D eigenvalue weighted by atomic mass is 10.0. The van der Waals surface area contributed by atoms with Gasteiger partial charge in [0, 0.05) is 19.5 Å². The molecule has 0 radical (unpaired) electrons. The Morgan fingerprint density at radius 2 is 2.08 bits per heavy atom. The van der Waals surface area contributed by atoms with E-state index < -0.39 is 17.9 Å². The molecular formula is C16H18FN5O3. The van der Waals surface area contributed by atoms with Gasteiger partial charge in [-0.2, -0.15) is 0 Å². The molecule has 0 aliphatic carbocycles. The molecule has 132 valence electrons. The minimum absolute atomic E-state index is 0.176. The molecule has 1 aromatic carbocycles. The Kier molecular flexibility index (Phi) is 4.73. The van der Waals surface area contributed by atoms with E-state index >= 15 is 0 Å². The fraction of sp³-hybridized carbons (Fsp3) is 0.438. The summed E-state index contributed by atoms with van der Waals surface area (Å²) in [5.74, 6) is -1.55. The van der Waals surface area contributed by atoms with Crippen molar-refractivity contribution in [3.63, 3.8) is 0 Å². The molecule has 1 aliphatic heterocycles. The van der Waals surface area contributed by atoms with E-state index in [1.54, 1.807) is 19.1 Å². The first-order chi connectivity index (χ1) is 12.0. The lowest BCUT2D eigenvalue weighted by molar-refractivity contribution is -0.141. The second-order valence-corrected chi connectivity index (χ2v) is 6.13. The van der Waals surface area contributed by atoms with Crippen LogP contribution in [-0.2, 0) is 16.0 Å². The van der Waals surface area contributed by atoms with Crippen molar-refractivity contribution in [3.8, 4) is 0 Å². The number of aromatic nitrogens is 4. The number of carbonyl (C=O) groups is 2. The molecular weight excluding hydrogens is 329 g/mol. The summed E-state index contributed by atoms with van der Waals surface area (Å²) in [6.07, 6.45) is 0.720. The van der Waals surface area contributed by atoms with Gasteiger partial charge in [-0.1, -0.05) is 12.1 Å². The highest BCUT2D eigenvalue weighted by Gasteiger charge is 2.35. The van der Waals surface area contributed by atoms with E-state index in [2.05, 4.69) is 15.5 Å². The van der Waals surface area contributed by atoms with E-state index in [0.29, 0.717) is 25.2 Å². The summed E-state index contributed by atoms with van der Waals surface area (Å²) in [6.45, 7) is 2.25. The first-order valence-electron chi connectivity index (χ1n) is 7.96. The molecule has 9 heteroatoms. The van der Waals surface area contributed by atoms with Crippen molar-refractivity contribution in [1.82, 2.24) is 25.1 Å². The third-order valence-electron chi connectivity index (χ3n) is 4.43. The molecule has 0 bridgehead atoms. The zero-order valence-corrected chi connectivity index (χ0v) is 13.7. The van der Waals surface area contributed by atoms with Gasteiger partial charge in [0.15, 0.2) is 0 Å². The van der Waals surface area contributed by atoms with E-state index in [-0.39, 0.29) is 18.3 Å². The van der Waals surface area contributed by atoms with Crippen molar-refractivity contribution in [3.05, 3.63) is 41.5 Å². The van der Waals surface area contributed by atoms with Crippen LogP contribution >= 0.6 is 0 Å². The van der Waals surface area contributed by atoms with Crippen LogP contribution in [0.3, 0.4) is 0 Å². The third kappa shape index (κ3) is 3.65. The van der Waals surface area contributed by atoms with Crippen LogP contribution in [0.2, 0.25) is 0 Å². The van der Waals surface area contributed by atoms with Gasteiger partial charge in [-0.25, -0.2) is 9.07 Å². The highest BCUT2D eigenvalue weighted by Crippen LogP contribution is 2.23. The van der Waals surface area contributed by atoms with Crippen LogP contribution < -0.4 is 0 Å². The third-order valence-corrected chi connectivity index (χ3v) is 4.43. The van der Waals surface area contributed by atoms with Gasteiger partial charge in [0.1, 0.15) is 17.7 Å². The highest BCUT2D eigenvalue weighted by molar-refractivity contribution is 5.82. The molecule has 1 amide bonds. The first-order valence-corrected chi connectivity index (χ1v) is 7.96. The van der Waals surface area contributed by atoms with Gasteiger partial charge < -0.3 is 10.0 Å². The van der Waals surface area contributed by atoms with Crippen LogP contribution in [0, 0.1) is 18.7 Å². The number of carbonyl (C=O) groups excluding carboxylic acids is 1. The van der Waals surface area contributed by atoms with Gasteiger partial charge in [-0.15, -0.1) is 5.10 Å². The molecule has 0 unspecified atom stereocenters. The van der Waals surface area contributed by atoms with Crippen molar-refractivity contribution in [2.75, 3.05) is 13.1 Å². The molecule has 1 aromatic heterocycles. The maximum Gasteiger partial charge on any atom is 0.308 e. The van der Waals surface area contributed by atoms with Crippen LogP contribution in [0.25, 0.3) is 0 Å². The molecule has 2 atom stereocenters. The smallest absolute Gasteiger partial charge is 0.308 e. The average Bonchev–Trinajstić information content (AvgIpc) is 3.23. The number of likely N-dealkylation sites (tertiary alicyclic amines) is 1. The number of hydrogen-bond donors (Lipinski definition) is 1. The van der Waals surface area contributed by atoms with E-state index in [9.17, 15) is 14.0 Å².